The van der Waals surface area contributed by atoms with E-state index >= 15 is 0 Å². The Balaban J connectivity index is 2.64. The molecule has 1 rings (SSSR count). The van der Waals surface area contributed by atoms with Crippen molar-refractivity contribution >= 4 is 44.8 Å². The Bertz CT molecular complexity index is 329. The lowest BCUT2D eigenvalue weighted by atomic mass is 10.3. The molecule has 1 aromatic rings. The van der Waals surface area contributed by atoms with Crippen molar-refractivity contribution in [2.75, 3.05) is 11.9 Å². The van der Waals surface area contributed by atoms with Crippen LogP contribution in [0, 0.1) is 0 Å². The highest BCUT2D eigenvalue weighted by molar-refractivity contribution is 9.10. The van der Waals surface area contributed by atoms with Gasteiger partial charge in [-0.1, -0.05) is 45.2 Å². The van der Waals surface area contributed by atoms with Gasteiger partial charge in [-0.05, 0) is 25.0 Å². The number of hydrogen-bond donors (Lipinski definition) is 1. The van der Waals surface area contributed by atoms with Crippen LogP contribution in [0.1, 0.15) is 12.8 Å². The average molecular weight is 309 g/mol. The number of halogens is 3. The molecule has 0 unspecified atom stereocenters. The van der Waals surface area contributed by atoms with Gasteiger partial charge in [-0.15, -0.1) is 6.58 Å². The molecule has 0 aliphatic carbocycles. The number of hydrogen-bond acceptors (Lipinski definition) is 1. The molecule has 0 saturated carbocycles. The summed E-state index contributed by atoms with van der Waals surface area (Å²) in [5.74, 6) is 0. The van der Waals surface area contributed by atoms with E-state index in [9.17, 15) is 0 Å². The maximum atomic E-state index is 6.05. The Morgan fingerprint density at radius 3 is 2.47 bits per heavy atom. The van der Waals surface area contributed by atoms with E-state index in [1.807, 2.05) is 18.2 Å². The molecule has 1 aromatic carbocycles. The molecule has 0 radical (unpaired) electrons. The molecule has 0 aliphatic rings. The molecular formula is C11H12BrCl2N. The lowest BCUT2D eigenvalue weighted by Crippen LogP contribution is -2.02. The second kappa shape index (κ2) is 6.41. The van der Waals surface area contributed by atoms with Gasteiger partial charge in [0.1, 0.15) is 0 Å². The minimum Gasteiger partial charge on any atom is -0.383 e. The van der Waals surface area contributed by atoms with Gasteiger partial charge in [0.05, 0.1) is 15.7 Å². The van der Waals surface area contributed by atoms with Crippen molar-refractivity contribution in [2.24, 2.45) is 0 Å². The first-order valence-electron chi connectivity index (χ1n) is 4.64. The number of rotatable bonds is 5. The molecule has 0 saturated heterocycles. The predicted molar refractivity (Wildman–Crippen MR) is 72.1 cm³/mol. The number of unbranched alkanes of at least 4 members (excludes halogenated alkanes) is 1. The minimum absolute atomic E-state index is 0.632. The third kappa shape index (κ3) is 4.06. The minimum atomic E-state index is 0.632. The molecule has 0 amide bonds. The van der Waals surface area contributed by atoms with E-state index < -0.39 is 0 Å². The topological polar surface area (TPSA) is 12.0 Å². The molecule has 15 heavy (non-hydrogen) atoms. The van der Waals surface area contributed by atoms with Crippen LogP contribution < -0.4 is 5.32 Å². The van der Waals surface area contributed by atoms with E-state index in [2.05, 4.69) is 27.8 Å². The van der Waals surface area contributed by atoms with E-state index in [1.54, 1.807) is 0 Å². The molecule has 0 aliphatic heterocycles. The van der Waals surface area contributed by atoms with Crippen molar-refractivity contribution in [3.05, 3.63) is 39.3 Å². The quantitative estimate of drug-likeness (QED) is 0.587. The Hall–Kier alpha value is -0.180. The van der Waals surface area contributed by atoms with Crippen molar-refractivity contribution < 1.29 is 0 Å². The normalized spacial score (nSPS) is 10.1. The highest BCUT2D eigenvalue weighted by Gasteiger charge is 2.06. The van der Waals surface area contributed by atoms with E-state index in [0.717, 1.165) is 29.5 Å². The van der Waals surface area contributed by atoms with Gasteiger partial charge in [0.2, 0.25) is 0 Å². The SMILES string of the molecule is C=CCCCNc1c(Cl)cc(Br)cc1Cl. The lowest BCUT2D eigenvalue weighted by molar-refractivity contribution is 0.891. The second-order valence-electron chi connectivity index (χ2n) is 3.10. The van der Waals surface area contributed by atoms with Crippen LogP contribution in [0.25, 0.3) is 0 Å². The maximum absolute atomic E-state index is 6.05. The van der Waals surface area contributed by atoms with Crippen LogP contribution in [0.2, 0.25) is 10.0 Å². The summed E-state index contributed by atoms with van der Waals surface area (Å²) >= 11 is 15.4. The summed E-state index contributed by atoms with van der Waals surface area (Å²) in [6.45, 7) is 4.51. The van der Waals surface area contributed by atoms with Crippen molar-refractivity contribution in [2.45, 2.75) is 12.8 Å². The predicted octanol–water partition coefficient (Wildman–Crippen LogP) is 5.13. The van der Waals surface area contributed by atoms with Crippen molar-refractivity contribution in [3.8, 4) is 0 Å². The number of benzene rings is 1. The molecule has 0 atom stereocenters. The molecule has 0 fully saturated rings. The van der Waals surface area contributed by atoms with Crippen molar-refractivity contribution in [1.82, 2.24) is 0 Å². The number of anilines is 1. The summed E-state index contributed by atoms with van der Waals surface area (Å²) in [4.78, 5) is 0. The fourth-order valence-corrected chi connectivity index (χ4v) is 2.51. The third-order valence-corrected chi connectivity index (χ3v) is 2.95. The Kier molecular flexibility index (Phi) is 5.51. The van der Waals surface area contributed by atoms with Gasteiger partial charge < -0.3 is 5.32 Å². The molecule has 1 N–H and O–H groups in total. The van der Waals surface area contributed by atoms with Crippen molar-refractivity contribution in [1.29, 1.82) is 0 Å². The largest absolute Gasteiger partial charge is 0.383 e. The van der Waals surface area contributed by atoms with Gasteiger partial charge in [0.15, 0.2) is 0 Å². The molecule has 0 heterocycles. The number of allylic oxidation sites excluding steroid dienone is 1. The summed E-state index contributed by atoms with van der Waals surface area (Å²) < 4.78 is 0.883. The van der Waals surface area contributed by atoms with E-state index in [1.165, 1.54) is 0 Å². The first-order chi connectivity index (χ1) is 7.15. The zero-order valence-electron chi connectivity index (χ0n) is 8.19. The average Bonchev–Trinajstić information content (AvgIpc) is 2.15. The standard InChI is InChI=1S/C11H12BrCl2N/c1-2-3-4-5-15-11-9(13)6-8(12)7-10(11)14/h2,6-7,15H,1,3-5H2. The smallest absolute Gasteiger partial charge is 0.0719 e. The Labute approximate surface area is 109 Å². The van der Waals surface area contributed by atoms with E-state index in [-0.39, 0.29) is 0 Å². The lowest BCUT2D eigenvalue weighted by Gasteiger charge is -2.10. The fraction of sp³-hybridized carbons (Fsp3) is 0.273. The molecule has 4 heteroatoms. The molecular weight excluding hydrogens is 297 g/mol. The van der Waals surface area contributed by atoms with Gasteiger partial charge in [-0.3, -0.25) is 0 Å². The van der Waals surface area contributed by atoms with Gasteiger partial charge in [0.25, 0.3) is 0 Å². The van der Waals surface area contributed by atoms with Crippen LogP contribution in [-0.2, 0) is 0 Å². The van der Waals surface area contributed by atoms with Crippen LogP contribution in [0.4, 0.5) is 5.69 Å². The van der Waals surface area contributed by atoms with Gasteiger partial charge in [0, 0.05) is 11.0 Å². The number of nitrogens with one attached hydrogen (secondary N) is 1. The Morgan fingerprint density at radius 1 is 1.33 bits per heavy atom. The first-order valence-corrected chi connectivity index (χ1v) is 6.19. The molecule has 1 nitrogen and oxygen atoms in total. The van der Waals surface area contributed by atoms with Gasteiger partial charge in [-0.2, -0.15) is 0 Å². The summed E-state index contributed by atoms with van der Waals surface area (Å²) in [6.07, 6.45) is 3.90. The molecule has 0 bridgehead atoms. The van der Waals surface area contributed by atoms with E-state index in [0.29, 0.717) is 10.0 Å². The van der Waals surface area contributed by atoms with Crippen molar-refractivity contribution in [3.63, 3.8) is 0 Å². The first kappa shape index (κ1) is 12.9. The van der Waals surface area contributed by atoms with Crippen LogP contribution in [-0.4, -0.2) is 6.54 Å². The van der Waals surface area contributed by atoms with Crippen LogP contribution in [0.3, 0.4) is 0 Å². The summed E-state index contributed by atoms with van der Waals surface area (Å²) in [5, 5.41) is 4.48. The summed E-state index contributed by atoms with van der Waals surface area (Å²) in [6, 6.07) is 3.65. The third-order valence-electron chi connectivity index (χ3n) is 1.89. The fourth-order valence-electron chi connectivity index (χ4n) is 1.17. The zero-order valence-corrected chi connectivity index (χ0v) is 11.3. The second-order valence-corrected chi connectivity index (χ2v) is 4.83. The summed E-state index contributed by atoms with van der Waals surface area (Å²) in [5.41, 5.74) is 0.797. The maximum Gasteiger partial charge on any atom is 0.0719 e. The highest BCUT2D eigenvalue weighted by atomic mass is 79.9. The summed E-state index contributed by atoms with van der Waals surface area (Å²) in [7, 11) is 0. The monoisotopic (exact) mass is 307 g/mol. The zero-order chi connectivity index (χ0) is 11.3. The molecule has 0 aromatic heterocycles. The Morgan fingerprint density at radius 2 is 1.93 bits per heavy atom. The van der Waals surface area contributed by atoms with Crippen LogP contribution >= 0.6 is 39.1 Å². The van der Waals surface area contributed by atoms with Gasteiger partial charge >= 0.3 is 0 Å². The molecule has 82 valence electrons. The van der Waals surface area contributed by atoms with Gasteiger partial charge in [-0.25, -0.2) is 0 Å². The van der Waals surface area contributed by atoms with E-state index in [4.69, 9.17) is 23.2 Å². The molecule has 0 spiro atoms. The van der Waals surface area contributed by atoms with Crippen LogP contribution in [0.5, 0.6) is 0 Å². The van der Waals surface area contributed by atoms with Crippen LogP contribution in [0.15, 0.2) is 29.3 Å². The highest BCUT2D eigenvalue weighted by Crippen LogP contribution is 2.33.